The van der Waals surface area contributed by atoms with Crippen molar-refractivity contribution in [3.05, 3.63) is 63.4 Å². The average molecular weight is 387 g/mol. The fourth-order valence-electron chi connectivity index (χ4n) is 2.91. The van der Waals surface area contributed by atoms with E-state index >= 15 is 0 Å². The van der Waals surface area contributed by atoms with Gasteiger partial charge < -0.3 is 19.4 Å². The lowest BCUT2D eigenvalue weighted by atomic mass is 10.1. The number of amides is 1. The third-order valence-electron chi connectivity index (χ3n) is 4.27. The van der Waals surface area contributed by atoms with Gasteiger partial charge in [-0.25, -0.2) is 0 Å². The van der Waals surface area contributed by atoms with E-state index in [0.29, 0.717) is 34.1 Å². The van der Waals surface area contributed by atoms with Crippen molar-refractivity contribution in [1.29, 1.82) is 0 Å². The van der Waals surface area contributed by atoms with Crippen LogP contribution >= 0.6 is 11.6 Å². The Morgan fingerprint density at radius 3 is 2.52 bits per heavy atom. The lowest BCUT2D eigenvalue weighted by Crippen LogP contribution is -2.23. The number of ether oxygens (including phenoxy) is 2. The number of nitrogens with zero attached hydrogens (tertiary/aromatic N) is 1. The maximum atomic E-state index is 12.8. The van der Waals surface area contributed by atoms with Crippen LogP contribution in [0, 0.1) is 0 Å². The van der Waals surface area contributed by atoms with E-state index in [9.17, 15) is 9.59 Å². The average Bonchev–Trinajstić information content (AvgIpc) is 2.68. The molecule has 1 amide bonds. The largest absolute Gasteiger partial charge is 0.493 e. The number of aryl methyl sites for hydroxylation is 1. The SMILES string of the molecule is CCn1cc(C(=O)Nc2ccc(OC)c(OC)c2)c(=O)c2cc(Cl)ccc21. The number of pyridine rings is 1. The van der Waals surface area contributed by atoms with Crippen molar-refractivity contribution in [2.45, 2.75) is 13.5 Å². The third kappa shape index (κ3) is 3.61. The number of carbonyl (C=O) groups is 1. The Morgan fingerprint density at radius 2 is 1.85 bits per heavy atom. The number of aromatic nitrogens is 1. The van der Waals surface area contributed by atoms with Crippen LogP contribution in [0.15, 0.2) is 47.4 Å². The molecule has 0 atom stereocenters. The predicted molar refractivity (Wildman–Crippen MR) is 106 cm³/mol. The fourth-order valence-corrected chi connectivity index (χ4v) is 3.08. The second-order valence-corrected chi connectivity index (χ2v) is 6.28. The summed E-state index contributed by atoms with van der Waals surface area (Å²) in [5.74, 6) is 0.520. The molecule has 3 rings (SSSR count). The zero-order chi connectivity index (χ0) is 19.6. The molecule has 0 spiro atoms. The maximum absolute atomic E-state index is 12.8. The Bertz CT molecular complexity index is 1080. The lowest BCUT2D eigenvalue weighted by Gasteiger charge is -2.13. The zero-order valence-electron chi connectivity index (χ0n) is 15.2. The molecule has 3 aromatic rings. The van der Waals surface area contributed by atoms with Gasteiger partial charge in [-0.05, 0) is 37.3 Å². The van der Waals surface area contributed by atoms with Crippen LogP contribution in [0.1, 0.15) is 17.3 Å². The molecule has 140 valence electrons. The van der Waals surface area contributed by atoms with Crippen LogP contribution in [0.2, 0.25) is 5.02 Å². The molecule has 0 bridgehead atoms. The van der Waals surface area contributed by atoms with Crippen LogP contribution in [0.4, 0.5) is 5.69 Å². The predicted octanol–water partition coefficient (Wildman–Crippen LogP) is 3.94. The Balaban J connectivity index is 2.03. The summed E-state index contributed by atoms with van der Waals surface area (Å²) in [4.78, 5) is 25.6. The molecule has 0 unspecified atom stereocenters. The van der Waals surface area contributed by atoms with Gasteiger partial charge in [0.05, 0.1) is 19.7 Å². The lowest BCUT2D eigenvalue weighted by molar-refractivity contribution is 0.102. The number of hydrogen-bond donors (Lipinski definition) is 1. The van der Waals surface area contributed by atoms with Gasteiger partial charge in [0.1, 0.15) is 5.56 Å². The van der Waals surface area contributed by atoms with Crippen LogP contribution in [0.25, 0.3) is 10.9 Å². The van der Waals surface area contributed by atoms with Gasteiger partial charge in [0, 0.05) is 34.9 Å². The van der Waals surface area contributed by atoms with Crippen molar-refractivity contribution in [3.8, 4) is 11.5 Å². The number of nitrogens with one attached hydrogen (secondary N) is 1. The van der Waals surface area contributed by atoms with Gasteiger partial charge in [0.2, 0.25) is 5.43 Å². The summed E-state index contributed by atoms with van der Waals surface area (Å²) in [6.07, 6.45) is 1.56. The number of fused-ring (bicyclic) bond motifs is 1. The monoisotopic (exact) mass is 386 g/mol. The van der Waals surface area contributed by atoms with Gasteiger partial charge in [-0.1, -0.05) is 11.6 Å². The van der Waals surface area contributed by atoms with Crippen molar-refractivity contribution in [2.24, 2.45) is 0 Å². The molecular weight excluding hydrogens is 368 g/mol. The van der Waals surface area contributed by atoms with Crippen LogP contribution in [-0.2, 0) is 6.54 Å². The molecule has 7 heteroatoms. The van der Waals surface area contributed by atoms with Crippen molar-refractivity contribution >= 4 is 34.1 Å². The summed E-state index contributed by atoms with van der Waals surface area (Å²) in [6, 6.07) is 10.1. The Hall–Kier alpha value is -2.99. The molecule has 0 saturated carbocycles. The number of methoxy groups -OCH3 is 2. The normalized spacial score (nSPS) is 10.7. The van der Waals surface area contributed by atoms with Crippen LogP contribution in [-0.4, -0.2) is 24.7 Å². The van der Waals surface area contributed by atoms with Gasteiger partial charge >= 0.3 is 0 Å². The molecule has 0 fully saturated rings. The molecule has 1 aromatic heterocycles. The maximum Gasteiger partial charge on any atom is 0.261 e. The van der Waals surface area contributed by atoms with Crippen LogP contribution in [0.5, 0.6) is 11.5 Å². The van der Waals surface area contributed by atoms with Crippen molar-refractivity contribution in [2.75, 3.05) is 19.5 Å². The van der Waals surface area contributed by atoms with E-state index < -0.39 is 5.91 Å². The van der Waals surface area contributed by atoms with Gasteiger partial charge in [0.15, 0.2) is 11.5 Å². The van der Waals surface area contributed by atoms with E-state index in [2.05, 4.69) is 5.32 Å². The number of carbonyl (C=O) groups excluding carboxylic acids is 1. The van der Waals surface area contributed by atoms with Crippen molar-refractivity contribution in [3.63, 3.8) is 0 Å². The number of benzene rings is 2. The first-order valence-electron chi connectivity index (χ1n) is 8.34. The summed E-state index contributed by atoms with van der Waals surface area (Å²) >= 11 is 6.04. The Kier molecular flexibility index (Phi) is 5.37. The van der Waals surface area contributed by atoms with E-state index in [0.717, 1.165) is 5.52 Å². The molecule has 2 aromatic carbocycles. The van der Waals surface area contributed by atoms with E-state index in [1.807, 2.05) is 11.5 Å². The molecule has 6 nitrogen and oxygen atoms in total. The first kappa shape index (κ1) is 18.8. The number of rotatable bonds is 5. The quantitative estimate of drug-likeness (QED) is 0.721. The molecule has 0 aliphatic carbocycles. The van der Waals surface area contributed by atoms with Gasteiger partial charge in [-0.2, -0.15) is 0 Å². The van der Waals surface area contributed by atoms with E-state index in [1.165, 1.54) is 14.2 Å². The Morgan fingerprint density at radius 1 is 1.11 bits per heavy atom. The molecule has 1 heterocycles. The minimum Gasteiger partial charge on any atom is -0.493 e. The van der Waals surface area contributed by atoms with Gasteiger partial charge in [-0.15, -0.1) is 0 Å². The van der Waals surface area contributed by atoms with Gasteiger partial charge in [-0.3, -0.25) is 9.59 Å². The molecule has 0 radical (unpaired) electrons. The number of halogens is 1. The standard InChI is InChI=1S/C20H19ClN2O4/c1-4-23-11-15(19(24)14-9-12(21)5-7-16(14)23)20(25)22-13-6-8-17(26-2)18(10-13)27-3/h5-11H,4H2,1-3H3,(H,22,25). The van der Waals surface area contributed by atoms with Gasteiger partial charge in [0.25, 0.3) is 5.91 Å². The smallest absolute Gasteiger partial charge is 0.261 e. The number of anilines is 1. The second-order valence-electron chi connectivity index (χ2n) is 5.84. The van der Waals surface area contributed by atoms with Crippen LogP contribution in [0.3, 0.4) is 0 Å². The first-order valence-corrected chi connectivity index (χ1v) is 8.72. The third-order valence-corrected chi connectivity index (χ3v) is 4.50. The summed E-state index contributed by atoms with van der Waals surface area (Å²) in [5, 5.41) is 3.59. The minimum atomic E-state index is -0.503. The van der Waals surface area contributed by atoms with E-state index in [-0.39, 0.29) is 11.0 Å². The molecule has 0 aliphatic heterocycles. The topological polar surface area (TPSA) is 69.6 Å². The number of hydrogen-bond acceptors (Lipinski definition) is 4. The summed E-state index contributed by atoms with van der Waals surface area (Å²) < 4.78 is 12.3. The molecular formula is C20H19ClN2O4. The highest BCUT2D eigenvalue weighted by molar-refractivity contribution is 6.31. The van der Waals surface area contributed by atoms with Crippen molar-refractivity contribution in [1.82, 2.24) is 4.57 Å². The molecule has 27 heavy (non-hydrogen) atoms. The van der Waals surface area contributed by atoms with Crippen LogP contribution < -0.4 is 20.2 Å². The molecule has 0 saturated heterocycles. The summed E-state index contributed by atoms with van der Waals surface area (Å²) in [5.41, 5.74) is 0.900. The van der Waals surface area contributed by atoms with Crippen molar-refractivity contribution < 1.29 is 14.3 Å². The fraction of sp³-hybridized carbons (Fsp3) is 0.200. The summed E-state index contributed by atoms with van der Waals surface area (Å²) in [6.45, 7) is 2.55. The van der Waals surface area contributed by atoms with E-state index in [1.54, 1.807) is 42.6 Å². The minimum absolute atomic E-state index is 0.0430. The summed E-state index contributed by atoms with van der Waals surface area (Å²) in [7, 11) is 3.04. The second kappa shape index (κ2) is 7.72. The highest BCUT2D eigenvalue weighted by Gasteiger charge is 2.16. The highest BCUT2D eigenvalue weighted by atomic mass is 35.5. The Labute approximate surface area is 161 Å². The molecule has 0 aliphatic rings. The zero-order valence-corrected chi connectivity index (χ0v) is 16.0. The highest BCUT2D eigenvalue weighted by Crippen LogP contribution is 2.30. The first-order chi connectivity index (χ1) is 13.0. The molecule has 1 N–H and O–H groups in total. The van der Waals surface area contributed by atoms with E-state index in [4.69, 9.17) is 21.1 Å².